The third kappa shape index (κ3) is 1.26. The maximum absolute atomic E-state index is 8.37. The summed E-state index contributed by atoms with van der Waals surface area (Å²) in [7, 11) is 1.92. The molecule has 0 aliphatic rings. The maximum Gasteiger partial charge on any atom is 0.169 e. The number of nitriles is 1. The van der Waals surface area contributed by atoms with Crippen molar-refractivity contribution in [2.75, 3.05) is 0 Å². The number of hydrogen-bond acceptors (Lipinski definition) is 1. The zero-order valence-electron chi connectivity index (χ0n) is 5.20. The number of nitrogens with zero attached hydrogens (tertiary/aromatic N) is 2. The summed E-state index contributed by atoms with van der Waals surface area (Å²) in [5.41, 5.74) is 0.702. The molecular formula is C7H7N2+. The Morgan fingerprint density at radius 3 is 2.44 bits per heavy atom. The van der Waals surface area contributed by atoms with Crippen LogP contribution in [0.5, 0.6) is 0 Å². The van der Waals surface area contributed by atoms with Gasteiger partial charge in [0.1, 0.15) is 7.05 Å². The van der Waals surface area contributed by atoms with E-state index in [0.717, 1.165) is 0 Å². The van der Waals surface area contributed by atoms with Gasteiger partial charge in [-0.3, -0.25) is 0 Å². The van der Waals surface area contributed by atoms with Crippen LogP contribution >= 0.6 is 0 Å². The second-order valence-electron chi connectivity index (χ2n) is 1.86. The Morgan fingerprint density at radius 2 is 2.00 bits per heavy atom. The molecule has 1 rings (SSSR count). The van der Waals surface area contributed by atoms with Crippen LogP contribution in [-0.4, -0.2) is 0 Å². The topological polar surface area (TPSA) is 27.7 Å². The molecule has 0 aliphatic carbocycles. The van der Waals surface area contributed by atoms with Crippen molar-refractivity contribution in [1.29, 1.82) is 5.26 Å². The third-order valence-corrected chi connectivity index (χ3v) is 1.11. The van der Waals surface area contributed by atoms with Crippen LogP contribution in [0.4, 0.5) is 0 Å². The van der Waals surface area contributed by atoms with Gasteiger partial charge in [0.05, 0.1) is 11.6 Å². The van der Waals surface area contributed by atoms with E-state index in [2.05, 4.69) is 0 Å². The molecule has 0 amide bonds. The van der Waals surface area contributed by atoms with Crippen LogP contribution in [0.3, 0.4) is 0 Å². The molecule has 0 unspecified atom stereocenters. The van der Waals surface area contributed by atoms with Crippen molar-refractivity contribution in [3.63, 3.8) is 0 Å². The van der Waals surface area contributed by atoms with Gasteiger partial charge in [-0.25, -0.2) is 4.57 Å². The lowest BCUT2D eigenvalue weighted by molar-refractivity contribution is -0.671. The second kappa shape index (κ2) is 2.27. The third-order valence-electron chi connectivity index (χ3n) is 1.11. The molecule has 0 atom stereocenters. The van der Waals surface area contributed by atoms with E-state index in [1.54, 1.807) is 12.1 Å². The molecule has 0 saturated carbocycles. The van der Waals surface area contributed by atoms with Crippen molar-refractivity contribution in [2.45, 2.75) is 0 Å². The van der Waals surface area contributed by atoms with Crippen molar-refractivity contribution in [3.05, 3.63) is 30.1 Å². The normalized spacial score (nSPS) is 8.44. The van der Waals surface area contributed by atoms with E-state index >= 15 is 0 Å². The highest BCUT2D eigenvalue weighted by Gasteiger charge is 1.90. The Labute approximate surface area is 54.0 Å². The molecule has 2 nitrogen and oxygen atoms in total. The van der Waals surface area contributed by atoms with Crippen molar-refractivity contribution < 1.29 is 4.57 Å². The monoisotopic (exact) mass is 119 g/mol. The average Bonchev–Trinajstić information content (AvgIpc) is 1.90. The van der Waals surface area contributed by atoms with Crippen LogP contribution in [0, 0.1) is 11.3 Å². The first-order valence-corrected chi connectivity index (χ1v) is 2.68. The van der Waals surface area contributed by atoms with Crippen molar-refractivity contribution in [3.8, 4) is 6.07 Å². The smallest absolute Gasteiger partial charge is 0.169 e. The summed E-state index contributed by atoms with van der Waals surface area (Å²) >= 11 is 0. The predicted molar refractivity (Wildman–Crippen MR) is 32.3 cm³/mol. The van der Waals surface area contributed by atoms with Crippen molar-refractivity contribution in [1.82, 2.24) is 0 Å². The van der Waals surface area contributed by atoms with E-state index in [1.165, 1.54) is 0 Å². The fourth-order valence-corrected chi connectivity index (χ4v) is 0.576. The first-order chi connectivity index (χ1) is 4.33. The van der Waals surface area contributed by atoms with Gasteiger partial charge in [0.15, 0.2) is 12.4 Å². The lowest BCUT2D eigenvalue weighted by Crippen LogP contribution is -2.25. The minimum Gasteiger partial charge on any atom is -0.208 e. The van der Waals surface area contributed by atoms with Crippen LogP contribution in [0.25, 0.3) is 0 Å². The summed E-state index contributed by atoms with van der Waals surface area (Å²) in [5.74, 6) is 0. The summed E-state index contributed by atoms with van der Waals surface area (Å²) < 4.78 is 1.89. The highest BCUT2D eigenvalue weighted by Crippen LogP contribution is 1.88. The Balaban J connectivity index is 3.06. The summed E-state index contributed by atoms with van der Waals surface area (Å²) in [6.07, 6.45) is 3.69. The van der Waals surface area contributed by atoms with E-state index in [1.807, 2.05) is 30.1 Å². The summed E-state index contributed by atoms with van der Waals surface area (Å²) in [4.78, 5) is 0. The van der Waals surface area contributed by atoms with Gasteiger partial charge in [0.2, 0.25) is 0 Å². The minimum atomic E-state index is 0.702. The predicted octanol–water partition coefficient (Wildman–Crippen LogP) is 0.383. The molecule has 0 fully saturated rings. The number of aromatic nitrogens is 1. The standard InChI is InChI=1S/C7H7N2/c1-9-4-2-7(6-8)3-5-9/h2-5H,1H3/q+1. The van der Waals surface area contributed by atoms with Crippen molar-refractivity contribution in [2.24, 2.45) is 7.05 Å². The average molecular weight is 119 g/mol. The molecule has 2 heteroatoms. The lowest BCUT2D eigenvalue weighted by atomic mass is 10.3. The highest BCUT2D eigenvalue weighted by atomic mass is 14.9. The summed E-state index contributed by atoms with van der Waals surface area (Å²) in [5, 5.41) is 8.37. The second-order valence-corrected chi connectivity index (χ2v) is 1.86. The van der Waals surface area contributed by atoms with Crippen LogP contribution < -0.4 is 4.57 Å². The molecule has 9 heavy (non-hydrogen) atoms. The molecule has 1 heterocycles. The molecule has 0 saturated heterocycles. The van der Waals surface area contributed by atoms with Gasteiger partial charge in [0, 0.05) is 12.1 Å². The Kier molecular flexibility index (Phi) is 1.46. The van der Waals surface area contributed by atoms with Crippen LogP contribution in [-0.2, 0) is 7.05 Å². The van der Waals surface area contributed by atoms with Gasteiger partial charge in [-0.15, -0.1) is 0 Å². The molecule has 0 aromatic carbocycles. The fraction of sp³-hybridized carbons (Fsp3) is 0.143. The first-order valence-electron chi connectivity index (χ1n) is 2.68. The Bertz CT molecular complexity index is 230. The van der Waals surface area contributed by atoms with E-state index in [-0.39, 0.29) is 0 Å². The van der Waals surface area contributed by atoms with E-state index in [0.29, 0.717) is 5.56 Å². The van der Waals surface area contributed by atoms with Crippen LogP contribution in [0.2, 0.25) is 0 Å². The van der Waals surface area contributed by atoms with Gasteiger partial charge in [-0.1, -0.05) is 0 Å². The van der Waals surface area contributed by atoms with Gasteiger partial charge in [-0.05, 0) is 0 Å². The molecule has 0 N–H and O–H groups in total. The number of hydrogen-bond donors (Lipinski definition) is 0. The zero-order valence-corrected chi connectivity index (χ0v) is 5.20. The van der Waals surface area contributed by atoms with Gasteiger partial charge in [-0.2, -0.15) is 5.26 Å². The molecular weight excluding hydrogens is 112 g/mol. The van der Waals surface area contributed by atoms with Crippen LogP contribution in [0.15, 0.2) is 24.5 Å². The molecule has 1 aromatic heterocycles. The van der Waals surface area contributed by atoms with Gasteiger partial charge >= 0.3 is 0 Å². The molecule has 1 aromatic rings. The fourth-order valence-electron chi connectivity index (χ4n) is 0.576. The van der Waals surface area contributed by atoms with E-state index < -0.39 is 0 Å². The Morgan fingerprint density at radius 1 is 1.44 bits per heavy atom. The zero-order chi connectivity index (χ0) is 6.69. The molecule has 44 valence electrons. The lowest BCUT2D eigenvalue weighted by Gasteiger charge is -1.83. The van der Waals surface area contributed by atoms with Crippen LogP contribution in [0.1, 0.15) is 5.56 Å². The Hall–Kier alpha value is -1.36. The van der Waals surface area contributed by atoms with Gasteiger partial charge in [0.25, 0.3) is 0 Å². The summed E-state index contributed by atoms with van der Waals surface area (Å²) in [6, 6.07) is 5.60. The largest absolute Gasteiger partial charge is 0.208 e. The molecule has 0 bridgehead atoms. The number of aryl methyl sites for hydroxylation is 1. The maximum atomic E-state index is 8.37. The molecule has 0 aliphatic heterocycles. The van der Waals surface area contributed by atoms with Gasteiger partial charge < -0.3 is 0 Å². The van der Waals surface area contributed by atoms with E-state index in [4.69, 9.17) is 5.26 Å². The number of pyridine rings is 1. The SMILES string of the molecule is C[n+]1ccc(C#N)cc1. The number of rotatable bonds is 0. The highest BCUT2D eigenvalue weighted by molar-refractivity contribution is 5.23. The van der Waals surface area contributed by atoms with Crippen molar-refractivity contribution >= 4 is 0 Å². The molecule has 0 radical (unpaired) electrons. The minimum absolute atomic E-state index is 0.702. The summed E-state index contributed by atoms with van der Waals surface area (Å²) in [6.45, 7) is 0. The van der Waals surface area contributed by atoms with E-state index in [9.17, 15) is 0 Å². The quantitative estimate of drug-likeness (QED) is 0.454. The first kappa shape index (κ1) is 5.77. The molecule has 0 spiro atoms.